The van der Waals surface area contributed by atoms with Crippen LogP contribution in [-0.2, 0) is 17.8 Å². The fourth-order valence-electron chi connectivity index (χ4n) is 1.49. The van der Waals surface area contributed by atoms with Crippen LogP contribution in [0.4, 0.5) is 0 Å². The van der Waals surface area contributed by atoms with Gasteiger partial charge in [-0.15, -0.1) is 0 Å². The van der Waals surface area contributed by atoms with E-state index in [2.05, 4.69) is 24.3 Å². The first-order valence-corrected chi connectivity index (χ1v) is 4.11. The Kier molecular flexibility index (Phi) is 1.91. The first-order chi connectivity index (χ1) is 5.47. The summed E-state index contributed by atoms with van der Waals surface area (Å²) < 4.78 is 5.42. The van der Waals surface area contributed by atoms with Gasteiger partial charge in [-0.3, -0.25) is 0 Å². The molecule has 58 valence electrons. The van der Waals surface area contributed by atoms with E-state index in [1.165, 1.54) is 17.5 Å². The van der Waals surface area contributed by atoms with Crippen molar-refractivity contribution in [2.45, 2.75) is 19.4 Å². The molecule has 0 unspecified atom stereocenters. The van der Waals surface area contributed by atoms with E-state index in [0.717, 1.165) is 19.6 Å². The lowest BCUT2D eigenvalue weighted by Gasteiger charge is -2.01. The number of benzene rings is 1. The van der Waals surface area contributed by atoms with Gasteiger partial charge in [0, 0.05) is 6.61 Å². The molecular weight excluding hydrogens is 136 g/mol. The van der Waals surface area contributed by atoms with E-state index in [1.54, 1.807) is 0 Å². The Balaban J connectivity index is 2.33. The van der Waals surface area contributed by atoms with Crippen molar-refractivity contribution in [1.29, 1.82) is 0 Å². The van der Waals surface area contributed by atoms with Crippen molar-refractivity contribution in [1.82, 2.24) is 0 Å². The zero-order valence-corrected chi connectivity index (χ0v) is 6.55. The predicted octanol–water partition coefficient (Wildman–Crippen LogP) is 2.15. The molecule has 0 atom stereocenters. The molecule has 0 spiro atoms. The second kappa shape index (κ2) is 3.05. The number of hydrogen-bond acceptors (Lipinski definition) is 1. The summed E-state index contributed by atoms with van der Waals surface area (Å²) in [4.78, 5) is 0. The van der Waals surface area contributed by atoms with Crippen LogP contribution in [0.1, 0.15) is 17.5 Å². The monoisotopic (exact) mass is 148 g/mol. The van der Waals surface area contributed by atoms with Crippen LogP contribution in [0.2, 0.25) is 0 Å². The molecule has 1 aromatic rings. The molecular formula is C10H12O. The van der Waals surface area contributed by atoms with Crippen molar-refractivity contribution < 1.29 is 4.74 Å². The molecule has 1 aliphatic rings. The summed E-state index contributed by atoms with van der Waals surface area (Å²) >= 11 is 0. The minimum atomic E-state index is 0.802. The Morgan fingerprint density at radius 3 is 2.82 bits per heavy atom. The molecule has 2 rings (SSSR count). The zero-order valence-electron chi connectivity index (χ0n) is 6.55. The normalized spacial score (nSPS) is 17.1. The fraction of sp³-hybridized carbons (Fsp3) is 0.400. The van der Waals surface area contributed by atoms with Crippen molar-refractivity contribution in [2.24, 2.45) is 0 Å². The lowest BCUT2D eigenvalue weighted by atomic mass is 10.1. The minimum Gasteiger partial charge on any atom is -0.377 e. The molecule has 0 saturated carbocycles. The van der Waals surface area contributed by atoms with Crippen LogP contribution in [0, 0.1) is 0 Å². The van der Waals surface area contributed by atoms with Crippen LogP contribution in [0.3, 0.4) is 0 Å². The molecule has 0 saturated heterocycles. The summed E-state index contributed by atoms with van der Waals surface area (Å²) in [5.74, 6) is 0. The molecule has 1 aromatic carbocycles. The highest BCUT2D eigenvalue weighted by Gasteiger charge is 2.05. The van der Waals surface area contributed by atoms with Gasteiger partial charge in [-0.2, -0.15) is 0 Å². The van der Waals surface area contributed by atoms with Gasteiger partial charge in [-0.1, -0.05) is 24.3 Å². The Bertz CT molecular complexity index is 217. The summed E-state index contributed by atoms with van der Waals surface area (Å²) in [6.45, 7) is 1.71. The molecule has 0 bridgehead atoms. The van der Waals surface area contributed by atoms with Crippen molar-refractivity contribution in [3.05, 3.63) is 35.4 Å². The summed E-state index contributed by atoms with van der Waals surface area (Å²) in [7, 11) is 0. The average Bonchev–Trinajstić information content (AvgIpc) is 2.28. The van der Waals surface area contributed by atoms with Gasteiger partial charge in [0.25, 0.3) is 0 Å². The molecule has 1 heterocycles. The Morgan fingerprint density at radius 2 is 1.91 bits per heavy atom. The maximum absolute atomic E-state index is 5.42. The maximum atomic E-state index is 5.42. The standard InChI is InChI=1S/C10H12O/c1-2-5-10-8-11-7-3-6-9(10)4-1/h1-2,4-5H,3,6-8H2. The first kappa shape index (κ1) is 6.86. The molecule has 1 nitrogen and oxygen atoms in total. The minimum absolute atomic E-state index is 0.802. The average molecular weight is 148 g/mol. The van der Waals surface area contributed by atoms with Gasteiger partial charge in [-0.25, -0.2) is 0 Å². The summed E-state index contributed by atoms with van der Waals surface area (Å²) in [5.41, 5.74) is 2.83. The molecule has 0 aromatic heterocycles. The van der Waals surface area contributed by atoms with Crippen molar-refractivity contribution in [3.8, 4) is 0 Å². The van der Waals surface area contributed by atoms with Crippen LogP contribution in [-0.4, -0.2) is 6.61 Å². The maximum Gasteiger partial charge on any atom is 0.0719 e. The highest BCUT2D eigenvalue weighted by atomic mass is 16.5. The number of aryl methyl sites for hydroxylation is 1. The third-order valence-electron chi connectivity index (χ3n) is 2.11. The smallest absolute Gasteiger partial charge is 0.0719 e. The molecule has 1 heteroatoms. The number of hydrogen-bond donors (Lipinski definition) is 0. The van der Waals surface area contributed by atoms with Gasteiger partial charge >= 0.3 is 0 Å². The van der Waals surface area contributed by atoms with E-state index in [1.807, 2.05) is 0 Å². The summed E-state index contributed by atoms with van der Waals surface area (Å²) in [6, 6.07) is 8.53. The molecule has 0 radical (unpaired) electrons. The third-order valence-corrected chi connectivity index (χ3v) is 2.11. The van der Waals surface area contributed by atoms with E-state index in [-0.39, 0.29) is 0 Å². The van der Waals surface area contributed by atoms with Crippen molar-refractivity contribution >= 4 is 0 Å². The topological polar surface area (TPSA) is 9.23 Å². The second-order valence-corrected chi connectivity index (χ2v) is 2.92. The van der Waals surface area contributed by atoms with Gasteiger partial charge in [0.2, 0.25) is 0 Å². The van der Waals surface area contributed by atoms with E-state index in [4.69, 9.17) is 4.74 Å². The van der Waals surface area contributed by atoms with Crippen molar-refractivity contribution in [2.75, 3.05) is 6.61 Å². The van der Waals surface area contributed by atoms with E-state index < -0.39 is 0 Å². The van der Waals surface area contributed by atoms with E-state index in [9.17, 15) is 0 Å². The number of fused-ring (bicyclic) bond motifs is 1. The Morgan fingerprint density at radius 1 is 1.09 bits per heavy atom. The quantitative estimate of drug-likeness (QED) is 0.547. The summed E-state index contributed by atoms with van der Waals surface area (Å²) in [5, 5.41) is 0. The summed E-state index contributed by atoms with van der Waals surface area (Å²) in [6.07, 6.45) is 2.34. The molecule has 1 aliphatic heterocycles. The molecule has 0 aliphatic carbocycles. The van der Waals surface area contributed by atoms with Crippen LogP contribution in [0.15, 0.2) is 24.3 Å². The zero-order chi connectivity index (χ0) is 7.52. The SMILES string of the molecule is c1ccc2c(c1)CCCOC2. The number of rotatable bonds is 0. The van der Waals surface area contributed by atoms with Crippen LogP contribution in [0.5, 0.6) is 0 Å². The fourth-order valence-corrected chi connectivity index (χ4v) is 1.49. The Hall–Kier alpha value is -0.820. The molecule has 0 amide bonds. The van der Waals surface area contributed by atoms with Gasteiger partial charge < -0.3 is 4.74 Å². The molecule has 0 N–H and O–H groups in total. The highest BCUT2D eigenvalue weighted by molar-refractivity contribution is 5.26. The predicted molar refractivity (Wildman–Crippen MR) is 44.4 cm³/mol. The van der Waals surface area contributed by atoms with Gasteiger partial charge in [0.05, 0.1) is 6.61 Å². The van der Waals surface area contributed by atoms with E-state index in [0.29, 0.717) is 0 Å². The van der Waals surface area contributed by atoms with Gasteiger partial charge in [-0.05, 0) is 24.0 Å². The molecule has 11 heavy (non-hydrogen) atoms. The van der Waals surface area contributed by atoms with Crippen LogP contribution in [0.25, 0.3) is 0 Å². The number of ether oxygens (including phenoxy) is 1. The van der Waals surface area contributed by atoms with Gasteiger partial charge in [0.15, 0.2) is 0 Å². The van der Waals surface area contributed by atoms with Crippen LogP contribution >= 0.6 is 0 Å². The molecule has 0 fully saturated rings. The van der Waals surface area contributed by atoms with E-state index >= 15 is 0 Å². The van der Waals surface area contributed by atoms with Crippen molar-refractivity contribution in [3.63, 3.8) is 0 Å². The third kappa shape index (κ3) is 1.43. The largest absolute Gasteiger partial charge is 0.377 e. The first-order valence-electron chi connectivity index (χ1n) is 4.11. The van der Waals surface area contributed by atoms with Gasteiger partial charge in [0.1, 0.15) is 0 Å². The van der Waals surface area contributed by atoms with Crippen LogP contribution < -0.4 is 0 Å². The Labute approximate surface area is 67.0 Å². The second-order valence-electron chi connectivity index (χ2n) is 2.92. The lowest BCUT2D eigenvalue weighted by molar-refractivity contribution is 0.125. The highest BCUT2D eigenvalue weighted by Crippen LogP contribution is 2.15. The lowest BCUT2D eigenvalue weighted by Crippen LogP contribution is -1.90.